The summed E-state index contributed by atoms with van der Waals surface area (Å²) < 4.78 is 16.6. The number of nitrogens with zero attached hydrogens (tertiary/aromatic N) is 1. The van der Waals surface area contributed by atoms with Crippen LogP contribution in [0.25, 0.3) is 11.1 Å². The Morgan fingerprint density at radius 3 is 2.65 bits per heavy atom. The fourth-order valence-electron chi connectivity index (χ4n) is 2.75. The molecule has 5 nitrogen and oxygen atoms in total. The molecule has 1 aromatic carbocycles. The van der Waals surface area contributed by atoms with Crippen molar-refractivity contribution >= 4 is 5.82 Å². The third-order valence-corrected chi connectivity index (χ3v) is 4.05. The van der Waals surface area contributed by atoms with Gasteiger partial charge >= 0.3 is 0 Å². The van der Waals surface area contributed by atoms with E-state index in [9.17, 15) is 0 Å². The van der Waals surface area contributed by atoms with Crippen molar-refractivity contribution in [2.24, 2.45) is 0 Å². The maximum Gasteiger partial charge on any atom is 0.175 e. The first-order valence-electron chi connectivity index (χ1n) is 6.98. The summed E-state index contributed by atoms with van der Waals surface area (Å²) in [6, 6.07) is 5.86. The number of nitrogen functional groups attached to an aromatic ring is 1. The molecule has 5 heteroatoms. The van der Waals surface area contributed by atoms with Crippen molar-refractivity contribution in [3.8, 4) is 22.6 Å². The van der Waals surface area contributed by atoms with E-state index in [2.05, 4.69) is 5.16 Å². The van der Waals surface area contributed by atoms with Gasteiger partial charge in [0.2, 0.25) is 0 Å². The van der Waals surface area contributed by atoms with E-state index in [-0.39, 0.29) is 0 Å². The van der Waals surface area contributed by atoms with Crippen LogP contribution in [0.5, 0.6) is 11.5 Å². The SMILES string of the molecule is Nc1noc(C2CCC2)c1-c1ccc2c(c1)OCCO2. The summed E-state index contributed by atoms with van der Waals surface area (Å²) in [6.45, 7) is 1.17. The summed E-state index contributed by atoms with van der Waals surface area (Å²) in [5, 5.41) is 3.94. The Bertz CT molecular complexity index is 647. The Kier molecular flexibility index (Phi) is 2.58. The van der Waals surface area contributed by atoms with Crippen molar-refractivity contribution in [1.29, 1.82) is 0 Å². The van der Waals surface area contributed by atoms with E-state index in [0.717, 1.165) is 41.2 Å². The third-order valence-electron chi connectivity index (χ3n) is 4.05. The summed E-state index contributed by atoms with van der Waals surface area (Å²) in [7, 11) is 0. The van der Waals surface area contributed by atoms with Gasteiger partial charge in [0.25, 0.3) is 0 Å². The quantitative estimate of drug-likeness (QED) is 0.910. The Morgan fingerprint density at radius 1 is 1.10 bits per heavy atom. The first-order chi connectivity index (χ1) is 9.83. The molecular formula is C15H16N2O3. The second-order valence-electron chi connectivity index (χ2n) is 5.29. The molecule has 1 fully saturated rings. The zero-order valence-electron chi connectivity index (χ0n) is 11.1. The minimum absolute atomic E-state index is 0.447. The molecule has 2 aliphatic rings. The highest BCUT2D eigenvalue weighted by Gasteiger charge is 2.29. The van der Waals surface area contributed by atoms with Crippen LogP contribution >= 0.6 is 0 Å². The number of benzene rings is 1. The highest BCUT2D eigenvalue weighted by molar-refractivity contribution is 5.78. The number of anilines is 1. The minimum Gasteiger partial charge on any atom is -0.486 e. The van der Waals surface area contributed by atoms with Gasteiger partial charge < -0.3 is 19.7 Å². The van der Waals surface area contributed by atoms with Gasteiger partial charge in [0.05, 0.1) is 5.56 Å². The number of fused-ring (bicyclic) bond motifs is 1. The van der Waals surface area contributed by atoms with E-state index < -0.39 is 0 Å². The van der Waals surface area contributed by atoms with Gasteiger partial charge in [0, 0.05) is 5.92 Å². The zero-order chi connectivity index (χ0) is 13.5. The predicted molar refractivity (Wildman–Crippen MR) is 73.9 cm³/mol. The Balaban J connectivity index is 1.78. The molecule has 0 spiro atoms. The number of rotatable bonds is 2. The molecule has 4 rings (SSSR count). The van der Waals surface area contributed by atoms with E-state index >= 15 is 0 Å². The van der Waals surface area contributed by atoms with Crippen molar-refractivity contribution in [2.45, 2.75) is 25.2 Å². The maximum atomic E-state index is 5.99. The van der Waals surface area contributed by atoms with Gasteiger partial charge in [-0.3, -0.25) is 0 Å². The number of nitrogens with two attached hydrogens (primary N) is 1. The fraction of sp³-hybridized carbons (Fsp3) is 0.400. The fourth-order valence-corrected chi connectivity index (χ4v) is 2.75. The molecule has 2 N–H and O–H groups in total. The summed E-state index contributed by atoms with van der Waals surface area (Å²) in [6.07, 6.45) is 3.53. The molecule has 0 bridgehead atoms. The Labute approximate surface area is 116 Å². The average Bonchev–Trinajstić information content (AvgIpc) is 2.78. The molecule has 2 aromatic rings. The minimum atomic E-state index is 0.447. The molecule has 1 aromatic heterocycles. The number of hydrogen-bond acceptors (Lipinski definition) is 5. The smallest absolute Gasteiger partial charge is 0.175 e. The first-order valence-corrected chi connectivity index (χ1v) is 6.98. The molecule has 0 radical (unpaired) electrons. The normalized spacial score (nSPS) is 17.8. The maximum absolute atomic E-state index is 5.99. The summed E-state index contributed by atoms with van der Waals surface area (Å²) in [5.74, 6) is 3.34. The molecule has 1 aliphatic heterocycles. The van der Waals surface area contributed by atoms with E-state index in [4.69, 9.17) is 19.7 Å². The molecule has 20 heavy (non-hydrogen) atoms. The average molecular weight is 272 g/mol. The standard InChI is InChI=1S/C15H16N2O3/c16-15-13(14(20-17-15)9-2-1-3-9)10-4-5-11-12(8-10)19-7-6-18-11/h4-5,8-9H,1-3,6-7H2,(H2,16,17). The summed E-state index contributed by atoms with van der Waals surface area (Å²) in [5.41, 5.74) is 7.88. The Morgan fingerprint density at radius 2 is 1.90 bits per heavy atom. The van der Waals surface area contributed by atoms with Crippen LogP contribution in [-0.2, 0) is 0 Å². The molecule has 1 saturated carbocycles. The van der Waals surface area contributed by atoms with Crippen molar-refractivity contribution in [1.82, 2.24) is 5.16 Å². The van der Waals surface area contributed by atoms with Gasteiger partial charge in [0.15, 0.2) is 17.3 Å². The van der Waals surface area contributed by atoms with Gasteiger partial charge in [-0.1, -0.05) is 17.6 Å². The lowest BCUT2D eigenvalue weighted by Gasteiger charge is -2.24. The van der Waals surface area contributed by atoms with Gasteiger partial charge in [0.1, 0.15) is 19.0 Å². The lowest BCUT2D eigenvalue weighted by Crippen LogP contribution is -2.15. The van der Waals surface area contributed by atoms with Gasteiger partial charge in [-0.2, -0.15) is 0 Å². The van der Waals surface area contributed by atoms with Gasteiger partial charge in [-0.05, 0) is 30.5 Å². The monoisotopic (exact) mass is 272 g/mol. The van der Waals surface area contributed by atoms with E-state index in [0.29, 0.717) is 24.9 Å². The number of aromatic nitrogens is 1. The topological polar surface area (TPSA) is 70.5 Å². The lowest BCUT2D eigenvalue weighted by atomic mass is 9.81. The van der Waals surface area contributed by atoms with Gasteiger partial charge in [-0.15, -0.1) is 0 Å². The van der Waals surface area contributed by atoms with Crippen molar-refractivity contribution in [3.05, 3.63) is 24.0 Å². The van der Waals surface area contributed by atoms with Crippen LogP contribution in [0, 0.1) is 0 Å². The summed E-state index contributed by atoms with van der Waals surface area (Å²) in [4.78, 5) is 0. The van der Waals surface area contributed by atoms with Crippen molar-refractivity contribution < 1.29 is 14.0 Å². The Hall–Kier alpha value is -2.17. The molecule has 0 atom stereocenters. The molecule has 2 heterocycles. The molecule has 1 aliphatic carbocycles. The van der Waals surface area contributed by atoms with Crippen LogP contribution in [0.15, 0.2) is 22.7 Å². The third kappa shape index (κ3) is 1.73. The molecule has 104 valence electrons. The van der Waals surface area contributed by atoms with E-state index in [1.165, 1.54) is 6.42 Å². The van der Waals surface area contributed by atoms with Crippen LogP contribution in [0.3, 0.4) is 0 Å². The van der Waals surface area contributed by atoms with E-state index in [1.54, 1.807) is 0 Å². The predicted octanol–water partition coefficient (Wildman–Crippen LogP) is 2.96. The lowest BCUT2D eigenvalue weighted by molar-refractivity contribution is 0.171. The number of ether oxygens (including phenoxy) is 2. The molecule has 0 unspecified atom stereocenters. The molecule has 0 saturated heterocycles. The largest absolute Gasteiger partial charge is 0.486 e. The van der Waals surface area contributed by atoms with E-state index in [1.807, 2.05) is 18.2 Å². The second kappa shape index (κ2) is 4.44. The van der Waals surface area contributed by atoms with Crippen molar-refractivity contribution in [3.63, 3.8) is 0 Å². The van der Waals surface area contributed by atoms with Crippen LogP contribution in [0.4, 0.5) is 5.82 Å². The van der Waals surface area contributed by atoms with Gasteiger partial charge in [-0.25, -0.2) is 0 Å². The van der Waals surface area contributed by atoms with Crippen LogP contribution in [0.1, 0.15) is 30.9 Å². The second-order valence-corrected chi connectivity index (χ2v) is 5.29. The highest BCUT2D eigenvalue weighted by Crippen LogP contribution is 2.45. The highest BCUT2D eigenvalue weighted by atomic mass is 16.6. The number of hydrogen-bond donors (Lipinski definition) is 1. The van der Waals surface area contributed by atoms with Crippen LogP contribution in [0.2, 0.25) is 0 Å². The first kappa shape index (κ1) is 11.6. The summed E-state index contributed by atoms with van der Waals surface area (Å²) >= 11 is 0. The zero-order valence-corrected chi connectivity index (χ0v) is 11.1. The van der Waals surface area contributed by atoms with Crippen LogP contribution in [-0.4, -0.2) is 18.4 Å². The van der Waals surface area contributed by atoms with Crippen LogP contribution < -0.4 is 15.2 Å². The molecular weight excluding hydrogens is 256 g/mol. The molecule has 0 amide bonds. The van der Waals surface area contributed by atoms with Crippen molar-refractivity contribution in [2.75, 3.05) is 18.9 Å².